The molecular weight excluding hydrogens is 394 g/mol. The van der Waals surface area contributed by atoms with E-state index in [-0.39, 0.29) is 11.7 Å². The van der Waals surface area contributed by atoms with Gasteiger partial charge in [-0.2, -0.15) is 5.26 Å². The van der Waals surface area contributed by atoms with Gasteiger partial charge in [0.1, 0.15) is 11.4 Å². The molecule has 0 saturated carbocycles. The molecule has 8 nitrogen and oxygen atoms in total. The molecule has 0 radical (unpaired) electrons. The average Bonchev–Trinajstić information content (AvgIpc) is 3.21. The van der Waals surface area contributed by atoms with Crippen LogP contribution in [0.3, 0.4) is 0 Å². The van der Waals surface area contributed by atoms with Crippen molar-refractivity contribution in [3.63, 3.8) is 0 Å². The van der Waals surface area contributed by atoms with E-state index in [0.717, 1.165) is 22.2 Å². The lowest BCUT2D eigenvalue weighted by atomic mass is 10.0. The first-order valence-electron chi connectivity index (χ1n) is 8.79. The first kappa shape index (κ1) is 22.0. The minimum Gasteiger partial charge on any atom is -0.459 e. The number of nitrogens with one attached hydrogen (secondary N) is 2. The Kier molecular flexibility index (Phi) is 7.86. The van der Waals surface area contributed by atoms with Crippen LogP contribution in [-0.2, 0) is 14.3 Å². The van der Waals surface area contributed by atoms with E-state index in [1.54, 1.807) is 45.0 Å². The van der Waals surface area contributed by atoms with Crippen molar-refractivity contribution in [1.82, 2.24) is 5.32 Å². The number of thiocyanates is 1. The molecule has 0 aliphatic rings. The van der Waals surface area contributed by atoms with Gasteiger partial charge in [-0.05, 0) is 60.5 Å². The largest absolute Gasteiger partial charge is 0.459 e. The number of nitriles is 1. The molecule has 29 heavy (non-hydrogen) atoms. The Hall–Kier alpha value is -3.25. The summed E-state index contributed by atoms with van der Waals surface area (Å²) < 4.78 is 10.1. The zero-order chi connectivity index (χ0) is 21.4. The molecule has 0 aliphatic heterocycles. The molecule has 0 bridgehead atoms. The van der Waals surface area contributed by atoms with Gasteiger partial charge in [0.05, 0.1) is 6.26 Å². The van der Waals surface area contributed by atoms with Crippen LogP contribution in [0.2, 0.25) is 0 Å². The van der Waals surface area contributed by atoms with Crippen LogP contribution in [0.4, 0.5) is 5.69 Å². The highest BCUT2D eigenvalue weighted by Gasteiger charge is 2.27. The number of aryl methyl sites for hydroxylation is 1. The predicted molar refractivity (Wildman–Crippen MR) is 107 cm³/mol. The first-order chi connectivity index (χ1) is 13.8. The Balaban J connectivity index is 1.91. The van der Waals surface area contributed by atoms with E-state index >= 15 is 0 Å². The second-order valence-corrected chi connectivity index (χ2v) is 7.36. The van der Waals surface area contributed by atoms with Crippen molar-refractivity contribution in [2.75, 3.05) is 11.9 Å². The van der Waals surface area contributed by atoms with Gasteiger partial charge in [0.15, 0.2) is 12.4 Å². The Labute approximate surface area is 172 Å². The number of rotatable bonds is 8. The molecule has 2 rings (SSSR count). The summed E-state index contributed by atoms with van der Waals surface area (Å²) in [5.74, 6) is -1.94. The topological polar surface area (TPSA) is 121 Å². The quantitative estimate of drug-likeness (QED) is 0.386. The number of furan rings is 1. The van der Waals surface area contributed by atoms with Gasteiger partial charge in [-0.1, -0.05) is 13.8 Å². The summed E-state index contributed by atoms with van der Waals surface area (Å²) in [6.07, 6.45) is 1.36. The maximum absolute atomic E-state index is 12.3. The highest BCUT2D eigenvalue weighted by atomic mass is 32.2. The molecule has 2 amide bonds. The van der Waals surface area contributed by atoms with E-state index in [1.807, 2.05) is 5.40 Å². The van der Waals surface area contributed by atoms with Crippen LogP contribution in [0.1, 0.15) is 30.0 Å². The maximum Gasteiger partial charge on any atom is 0.329 e. The molecule has 0 unspecified atom stereocenters. The fourth-order valence-corrected chi connectivity index (χ4v) is 2.90. The third-order valence-corrected chi connectivity index (χ3v) is 4.51. The fourth-order valence-electron chi connectivity index (χ4n) is 2.42. The van der Waals surface area contributed by atoms with Crippen LogP contribution >= 0.6 is 11.8 Å². The lowest BCUT2D eigenvalue weighted by molar-refractivity contribution is -0.150. The number of amides is 2. The molecule has 1 heterocycles. The van der Waals surface area contributed by atoms with Crippen molar-refractivity contribution in [3.8, 4) is 5.40 Å². The second kappa shape index (κ2) is 10.3. The van der Waals surface area contributed by atoms with Crippen molar-refractivity contribution in [3.05, 3.63) is 47.9 Å². The molecule has 152 valence electrons. The molecule has 1 aromatic carbocycles. The number of thioether (sulfide) groups is 1. The summed E-state index contributed by atoms with van der Waals surface area (Å²) in [6, 6.07) is 7.28. The third-order valence-electron chi connectivity index (χ3n) is 3.93. The van der Waals surface area contributed by atoms with Gasteiger partial charge in [0.25, 0.3) is 11.8 Å². The number of carbonyl (C=O) groups is 3. The number of esters is 1. The molecule has 2 aromatic rings. The van der Waals surface area contributed by atoms with Crippen molar-refractivity contribution in [1.29, 1.82) is 5.26 Å². The monoisotopic (exact) mass is 415 g/mol. The van der Waals surface area contributed by atoms with E-state index in [0.29, 0.717) is 5.69 Å². The maximum atomic E-state index is 12.3. The number of hydrogen-bond acceptors (Lipinski definition) is 7. The smallest absolute Gasteiger partial charge is 0.329 e. The number of carbonyl (C=O) groups excluding carboxylic acids is 3. The summed E-state index contributed by atoms with van der Waals surface area (Å²) in [6.45, 7) is 4.80. The number of hydrogen-bond donors (Lipinski definition) is 2. The van der Waals surface area contributed by atoms with Gasteiger partial charge < -0.3 is 19.8 Å². The molecule has 0 aliphatic carbocycles. The Morgan fingerprint density at radius 2 is 2.03 bits per heavy atom. The summed E-state index contributed by atoms with van der Waals surface area (Å²) in [5.41, 5.74) is 1.33. The van der Waals surface area contributed by atoms with Crippen molar-refractivity contribution >= 4 is 35.2 Å². The Morgan fingerprint density at radius 1 is 1.28 bits per heavy atom. The van der Waals surface area contributed by atoms with Gasteiger partial charge in [0.2, 0.25) is 0 Å². The molecule has 0 saturated heterocycles. The van der Waals surface area contributed by atoms with Crippen LogP contribution in [0, 0.1) is 23.5 Å². The lowest BCUT2D eigenvalue weighted by Crippen LogP contribution is -2.45. The molecule has 9 heteroatoms. The van der Waals surface area contributed by atoms with Gasteiger partial charge in [-0.3, -0.25) is 9.59 Å². The lowest BCUT2D eigenvalue weighted by Gasteiger charge is -2.20. The fraction of sp³-hybridized carbons (Fsp3) is 0.300. The minimum absolute atomic E-state index is 0.0784. The van der Waals surface area contributed by atoms with Crippen LogP contribution in [0.25, 0.3) is 0 Å². The normalized spacial score (nSPS) is 11.4. The zero-order valence-corrected chi connectivity index (χ0v) is 17.0. The highest BCUT2D eigenvalue weighted by Crippen LogP contribution is 2.23. The number of anilines is 1. The minimum atomic E-state index is -0.926. The molecule has 1 aromatic heterocycles. The summed E-state index contributed by atoms with van der Waals surface area (Å²) in [4.78, 5) is 37.3. The molecule has 0 fully saturated rings. The van der Waals surface area contributed by atoms with E-state index in [2.05, 4.69) is 10.6 Å². The first-order valence-corrected chi connectivity index (χ1v) is 9.61. The third kappa shape index (κ3) is 6.40. The molecule has 1 atom stereocenters. The van der Waals surface area contributed by atoms with Crippen LogP contribution in [-0.4, -0.2) is 30.4 Å². The second-order valence-electron chi connectivity index (χ2n) is 6.50. The summed E-state index contributed by atoms with van der Waals surface area (Å²) in [5, 5.41) is 15.9. The summed E-state index contributed by atoms with van der Waals surface area (Å²) in [7, 11) is 0. The zero-order valence-electron chi connectivity index (χ0n) is 16.2. The van der Waals surface area contributed by atoms with Crippen LogP contribution < -0.4 is 10.6 Å². The van der Waals surface area contributed by atoms with Gasteiger partial charge in [-0.25, -0.2) is 4.79 Å². The van der Waals surface area contributed by atoms with Crippen LogP contribution in [0.5, 0.6) is 0 Å². The van der Waals surface area contributed by atoms with Crippen molar-refractivity contribution < 1.29 is 23.5 Å². The van der Waals surface area contributed by atoms with E-state index in [1.165, 1.54) is 12.3 Å². The van der Waals surface area contributed by atoms with Gasteiger partial charge in [0, 0.05) is 10.6 Å². The van der Waals surface area contributed by atoms with Crippen LogP contribution in [0.15, 0.2) is 45.9 Å². The van der Waals surface area contributed by atoms with Gasteiger partial charge >= 0.3 is 5.97 Å². The van der Waals surface area contributed by atoms with E-state index < -0.39 is 30.4 Å². The molecule has 0 spiro atoms. The average molecular weight is 415 g/mol. The van der Waals surface area contributed by atoms with E-state index in [4.69, 9.17) is 14.4 Å². The van der Waals surface area contributed by atoms with Gasteiger partial charge in [-0.15, -0.1) is 0 Å². The SMILES string of the molecule is Cc1cc(SC#N)ccc1NC(=O)COC(=O)[C@@H](NC(=O)c1ccco1)C(C)C. The van der Waals surface area contributed by atoms with E-state index in [9.17, 15) is 14.4 Å². The summed E-state index contributed by atoms with van der Waals surface area (Å²) >= 11 is 1.02. The number of nitrogens with zero attached hydrogens (tertiary/aromatic N) is 1. The Morgan fingerprint density at radius 3 is 2.62 bits per heavy atom. The van der Waals surface area contributed by atoms with Crippen molar-refractivity contribution in [2.24, 2.45) is 5.92 Å². The number of ether oxygens (including phenoxy) is 1. The predicted octanol–water partition coefficient (Wildman–Crippen LogP) is 3.10. The Bertz CT molecular complexity index is 919. The highest BCUT2D eigenvalue weighted by molar-refractivity contribution is 8.03. The number of benzene rings is 1. The standard InChI is InChI=1S/C20H21N3O5S/c1-12(2)18(23-19(25)16-5-4-8-27-16)20(26)28-10-17(24)22-15-7-6-14(29-11-21)9-13(15)3/h4-9,12,18H,10H2,1-3H3,(H,22,24)(H,23,25)/t18-/m0/s1. The molecule has 2 N–H and O–H groups in total. The van der Waals surface area contributed by atoms with Crippen molar-refractivity contribution in [2.45, 2.75) is 31.7 Å². The molecular formula is C20H21N3O5S.